The monoisotopic (exact) mass is 409 g/mol. The second kappa shape index (κ2) is 7.91. The molecule has 4 rings (SSSR count). The third-order valence-electron chi connectivity index (χ3n) is 5.53. The number of nitrogens with zero attached hydrogens (tertiary/aromatic N) is 1. The number of rotatable bonds is 4. The second-order valence-electron chi connectivity index (χ2n) is 7.81. The van der Waals surface area contributed by atoms with Gasteiger partial charge in [0.1, 0.15) is 6.04 Å². The highest BCUT2D eigenvalue weighted by Crippen LogP contribution is 2.28. The molecule has 150 valence electrons. The van der Waals surface area contributed by atoms with Crippen LogP contribution >= 0.6 is 11.6 Å². The molecule has 1 atom stereocenters. The van der Waals surface area contributed by atoms with E-state index in [1.165, 1.54) is 11.3 Å². The SMILES string of the molecule is CC(C)[C@@H](NC(=O)c1ccccc1Cl)C(=O)N1CCc2[nH]c3ccccc3c2C1. The minimum atomic E-state index is -0.606. The van der Waals surface area contributed by atoms with E-state index < -0.39 is 6.04 Å². The third kappa shape index (κ3) is 3.75. The van der Waals surface area contributed by atoms with Crippen LogP contribution in [0.4, 0.5) is 0 Å². The summed E-state index contributed by atoms with van der Waals surface area (Å²) < 4.78 is 0. The lowest BCUT2D eigenvalue weighted by Gasteiger charge is -2.32. The lowest BCUT2D eigenvalue weighted by molar-refractivity contribution is -0.135. The van der Waals surface area contributed by atoms with Crippen molar-refractivity contribution in [3.63, 3.8) is 0 Å². The highest BCUT2D eigenvalue weighted by molar-refractivity contribution is 6.33. The van der Waals surface area contributed by atoms with Crippen LogP contribution in [-0.4, -0.2) is 34.3 Å². The number of nitrogens with one attached hydrogen (secondary N) is 2. The molecule has 2 N–H and O–H groups in total. The number of aromatic amines is 1. The summed E-state index contributed by atoms with van der Waals surface area (Å²) in [6.07, 6.45) is 0.777. The van der Waals surface area contributed by atoms with Gasteiger partial charge in [-0.3, -0.25) is 9.59 Å². The Balaban J connectivity index is 1.55. The van der Waals surface area contributed by atoms with Gasteiger partial charge in [-0.05, 0) is 24.1 Å². The molecule has 0 unspecified atom stereocenters. The first-order chi connectivity index (χ1) is 14.0. The molecule has 0 saturated carbocycles. The average molecular weight is 410 g/mol. The molecule has 0 aliphatic carbocycles. The number of H-pyrrole nitrogens is 1. The smallest absolute Gasteiger partial charge is 0.253 e. The zero-order valence-corrected chi connectivity index (χ0v) is 17.3. The molecule has 6 heteroatoms. The summed E-state index contributed by atoms with van der Waals surface area (Å²) in [5, 5.41) is 4.43. The highest BCUT2D eigenvalue weighted by Gasteiger charge is 2.32. The molecule has 1 aromatic heterocycles. The van der Waals surface area contributed by atoms with E-state index in [-0.39, 0.29) is 17.7 Å². The Hall–Kier alpha value is -2.79. The fourth-order valence-corrected chi connectivity index (χ4v) is 4.15. The number of amides is 2. The van der Waals surface area contributed by atoms with E-state index in [0.29, 0.717) is 23.7 Å². The van der Waals surface area contributed by atoms with Gasteiger partial charge in [-0.2, -0.15) is 0 Å². The van der Waals surface area contributed by atoms with E-state index in [2.05, 4.69) is 22.4 Å². The second-order valence-corrected chi connectivity index (χ2v) is 8.22. The van der Waals surface area contributed by atoms with Crippen molar-refractivity contribution in [2.75, 3.05) is 6.54 Å². The summed E-state index contributed by atoms with van der Waals surface area (Å²) in [5.41, 5.74) is 3.83. The standard InChI is InChI=1S/C23H24ClN3O2/c1-14(2)21(26-22(28)16-8-3-5-9-18(16)24)23(29)27-12-11-20-17(13-27)15-7-4-6-10-19(15)25-20/h3-10,14,21,25H,11-13H2,1-2H3,(H,26,28)/t21-/m1/s1. The third-order valence-corrected chi connectivity index (χ3v) is 5.86. The number of hydrogen-bond acceptors (Lipinski definition) is 2. The first kappa shape index (κ1) is 19.5. The Kier molecular flexibility index (Phi) is 5.33. The van der Waals surface area contributed by atoms with Crippen LogP contribution in [0.2, 0.25) is 5.02 Å². The zero-order chi connectivity index (χ0) is 20.5. The van der Waals surface area contributed by atoms with Gasteiger partial charge in [0, 0.05) is 41.7 Å². The van der Waals surface area contributed by atoms with E-state index >= 15 is 0 Å². The molecule has 0 saturated heterocycles. The van der Waals surface area contributed by atoms with Crippen molar-refractivity contribution in [2.45, 2.75) is 32.9 Å². The topological polar surface area (TPSA) is 65.2 Å². The minimum Gasteiger partial charge on any atom is -0.358 e. The predicted octanol–water partition coefficient (Wildman–Crippen LogP) is 4.16. The summed E-state index contributed by atoms with van der Waals surface area (Å²) in [6.45, 7) is 5.06. The van der Waals surface area contributed by atoms with Gasteiger partial charge in [0.2, 0.25) is 5.91 Å². The van der Waals surface area contributed by atoms with E-state index in [4.69, 9.17) is 11.6 Å². The molecule has 0 spiro atoms. The fourth-order valence-electron chi connectivity index (χ4n) is 3.93. The van der Waals surface area contributed by atoms with Crippen LogP contribution in [0, 0.1) is 5.92 Å². The molecule has 1 aliphatic heterocycles. The van der Waals surface area contributed by atoms with E-state index in [0.717, 1.165) is 17.3 Å². The Bertz CT molecular complexity index is 1070. The number of hydrogen-bond donors (Lipinski definition) is 2. The molecule has 2 aromatic carbocycles. The number of carbonyl (C=O) groups is 2. The van der Waals surface area contributed by atoms with E-state index in [1.54, 1.807) is 24.3 Å². The van der Waals surface area contributed by atoms with Gasteiger partial charge >= 0.3 is 0 Å². The Labute approximate surface area is 175 Å². The molecule has 2 heterocycles. The van der Waals surface area contributed by atoms with Gasteiger partial charge in [0.15, 0.2) is 0 Å². The van der Waals surface area contributed by atoms with E-state index in [1.807, 2.05) is 30.9 Å². The highest BCUT2D eigenvalue weighted by atomic mass is 35.5. The first-order valence-electron chi connectivity index (χ1n) is 9.88. The summed E-state index contributed by atoms with van der Waals surface area (Å²) in [5.74, 6) is -0.429. The maximum absolute atomic E-state index is 13.3. The maximum atomic E-state index is 13.3. The number of aromatic nitrogens is 1. The van der Waals surface area contributed by atoms with Gasteiger partial charge in [-0.25, -0.2) is 0 Å². The summed E-state index contributed by atoms with van der Waals surface area (Å²) in [7, 11) is 0. The van der Waals surface area contributed by atoms with Crippen LogP contribution in [0.25, 0.3) is 10.9 Å². The Morgan fingerprint density at radius 3 is 2.59 bits per heavy atom. The van der Waals surface area contributed by atoms with Crippen LogP contribution in [-0.2, 0) is 17.8 Å². The molecular weight excluding hydrogens is 386 g/mol. The number of carbonyl (C=O) groups excluding carboxylic acids is 2. The molecule has 0 bridgehead atoms. The van der Waals surface area contributed by atoms with Crippen LogP contribution in [0.15, 0.2) is 48.5 Å². The lowest BCUT2D eigenvalue weighted by Crippen LogP contribution is -2.52. The van der Waals surface area contributed by atoms with Crippen molar-refractivity contribution in [1.82, 2.24) is 15.2 Å². The van der Waals surface area contributed by atoms with Gasteiger partial charge in [-0.15, -0.1) is 0 Å². The molecule has 0 fully saturated rings. The van der Waals surface area contributed by atoms with Crippen molar-refractivity contribution >= 4 is 34.3 Å². The van der Waals surface area contributed by atoms with Crippen molar-refractivity contribution in [2.24, 2.45) is 5.92 Å². The molecule has 0 radical (unpaired) electrons. The molecule has 29 heavy (non-hydrogen) atoms. The molecule has 2 amide bonds. The normalized spacial score (nSPS) is 14.7. The first-order valence-corrected chi connectivity index (χ1v) is 10.3. The number of para-hydroxylation sites is 1. The average Bonchev–Trinajstić information content (AvgIpc) is 3.09. The summed E-state index contributed by atoms with van der Waals surface area (Å²) in [4.78, 5) is 31.4. The number of halogens is 1. The quantitative estimate of drug-likeness (QED) is 0.679. The number of fused-ring (bicyclic) bond motifs is 3. The molecule has 3 aromatic rings. The molecular formula is C23H24ClN3O2. The van der Waals surface area contributed by atoms with E-state index in [9.17, 15) is 9.59 Å². The number of benzene rings is 2. The lowest BCUT2D eigenvalue weighted by atomic mass is 9.99. The van der Waals surface area contributed by atoms with Gasteiger partial charge < -0.3 is 15.2 Å². The van der Waals surface area contributed by atoms with Crippen molar-refractivity contribution in [1.29, 1.82) is 0 Å². The fraction of sp³-hybridized carbons (Fsp3) is 0.304. The van der Waals surface area contributed by atoms with Gasteiger partial charge in [0.05, 0.1) is 10.6 Å². The Morgan fingerprint density at radius 2 is 1.83 bits per heavy atom. The molecule has 5 nitrogen and oxygen atoms in total. The maximum Gasteiger partial charge on any atom is 0.253 e. The minimum absolute atomic E-state index is 0.0432. The summed E-state index contributed by atoms with van der Waals surface area (Å²) in [6, 6.07) is 14.4. The summed E-state index contributed by atoms with van der Waals surface area (Å²) >= 11 is 6.15. The van der Waals surface area contributed by atoms with Crippen LogP contribution in [0.1, 0.15) is 35.5 Å². The van der Waals surface area contributed by atoms with Gasteiger partial charge in [0.25, 0.3) is 5.91 Å². The molecule has 1 aliphatic rings. The van der Waals surface area contributed by atoms with Crippen LogP contribution < -0.4 is 5.32 Å². The Morgan fingerprint density at radius 1 is 1.10 bits per heavy atom. The van der Waals surface area contributed by atoms with Crippen molar-refractivity contribution in [3.05, 3.63) is 70.4 Å². The van der Waals surface area contributed by atoms with Crippen LogP contribution in [0.5, 0.6) is 0 Å². The van der Waals surface area contributed by atoms with Crippen molar-refractivity contribution < 1.29 is 9.59 Å². The van der Waals surface area contributed by atoms with Gasteiger partial charge in [-0.1, -0.05) is 55.8 Å². The predicted molar refractivity (Wildman–Crippen MR) is 115 cm³/mol. The van der Waals surface area contributed by atoms with Crippen LogP contribution in [0.3, 0.4) is 0 Å². The zero-order valence-electron chi connectivity index (χ0n) is 16.5. The largest absolute Gasteiger partial charge is 0.358 e. The van der Waals surface area contributed by atoms with Crippen molar-refractivity contribution in [3.8, 4) is 0 Å².